The number of rotatable bonds is 8. The largest absolute Gasteiger partial charge is 0.433 e. The molecule has 4 atom stereocenters. The Morgan fingerprint density at radius 2 is 1.01 bits per heavy atom. The van der Waals surface area contributed by atoms with Crippen LogP contribution in [0.5, 0.6) is 0 Å². The van der Waals surface area contributed by atoms with Crippen molar-refractivity contribution in [1.29, 1.82) is 0 Å². The molecule has 2 aromatic heterocycles. The lowest BCUT2D eigenvalue weighted by molar-refractivity contribution is -0.142. The molecule has 0 radical (unpaired) electrons. The summed E-state index contributed by atoms with van der Waals surface area (Å²) in [6.07, 6.45) is -5.75. The summed E-state index contributed by atoms with van der Waals surface area (Å²) in [7, 11) is 0. The number of ether oxygens (including phenoxy) is 2. The standard InChI is InChI=1S/2C27H26F3N3O3/c2*1-16-2-5-21(32-26(35)19-6-7-31-25(12-19)27(28,29)30)13-22(16)17-3-4-18-10-20(14-34)24-15-36-9-8-33(24)23(18)11-17/h2*2-7,11-13,20,24,34H,8-10,14-15H2,1H3,(H,32,35)/t2*20-,24+/m10/s1. The number of hydrogen-bond donors (Lipinski definition) is 4. The summed E-state index contributed by atoms with van der Waals surface area (Å²) in [5, 5.41) is 25.2. The van der Waals surface area contributed by atoms with Crippen LogP contribution < -0.4 is 20.4 Å². The van der Waals surface area contributed by atoms with E-state index < -0.39 is 35.6 Å². The zero-order valence-electron chi connectivity index (χ0n) is 39.4. The van der Waals surface area contributed by atoms with E-state index >= 15 is 0 Å². The van der Waals surface area contributed by atoms with Gasteiger partial charge in [0, 0.05) is 84.4 Å². The van der Waals surface area contributed by atoms with E-state index in [4.69, 9.17) is 9.47 Å². The second-order valence-electron chi connectivity index (χ2n) is 18.5. The van der Waals surface area contributed by atoms with Gasteiger partial charge in [0.05, 0.1) is 38.5 Å². The van der Waals surface area contributed by atoms with E-state index in [2.05, 4.69) is 54.7 Å². The zero-order valence-corrected chi connectivity index (χ0v) is 39.4. The van der Waals surface area contributed by atoms with E-state index in [1.165, 1.54) is 23.3 Å². The summed E-state index contributed by atoms with van der Waals surface area (Å²) in [4.78, 5) is 36.6. The molecule has 2 amide bonds. The van der Waals surface area contributed by atoms with E-state index in [-0.39, 0.29) is 48.3 Å². The number of aryl methyl sites for hydroxylation is 2. The number of hydrogen-bond acceptors (Lipinski definition) is 10. The number of carbonyl (C=O) groups is 2. The number of anilines is 4. The van der Waals surface area contributed by atoms with Crippen LogP contribution in [0, 0.1) is 25.7 Å². The van der Waals surface area contributed by atoms with Crippen molar-refractivity contribution in [2.45, 2.75) is 51.1 Å². The van der Waals surface area contributed by atoms with Gasteiger partial charge in [0.15, 0.2) is 0 Å². The molecule has 6 aromatic rings. The normalized spacial score (nSPS) is 19.4. The lowest BCUT2D eigenvalue weighted by Gasteiger charge is -2.46. The predicted molar refractivity (Wildman–Crippen MR) is 260 cm³/mol. The lowest BCUT2D eigenvalue weighted by atomic mass is 9.84. The number of aliphatic hydroxyl groups excluding tert-OH is 2. The SMILES string of the molecule is Cc1ccc(NC(=O)c2ccnc(C(F)(F)F)c2)cc1-c1ccc2c(c1)N1CCOC[C@@H]1[C@H](CO)C2.Cc1ccc(NC(=O)c2ccnc(C(F)(F)F)c2)cc1-c1ccc2c(c1)N1CCOC[C@H]1[C@@H](CO)C2. The lowest BCUT2D eigenvalue weighted by Crippen LogP contribution is -2.53. The van der Waals surface area contributed by atoms with Gasteiger partial charge in [-0.1, -0.05) is 36.4 Å². The average Bonchev–Trinajstić information content (AvgIpc) is 3.38. The summed E-state index contributed by atoms with van der Waals surface area (Å²) in [5.41, 5.74) is 8.85. The molecule has 72 heavy (non-hydrogen) atoms. The van der Waals surface area contributed by atoms with Crippen molar-refractivity contribution < 1.29 is 55.6 Å². The topological polar surface area (TPSA) is 149 Å². The molecule has 4 aliphatic heterocycles. The Bertz CT molecular complexity index is 2790. The molecule has 0 unspecified atom stereocenters. The molecule has 4 aromatic carbocycles. The van der Waals surface area contributed by atoms with E-state index in [9.17, 15) is 46.1 Å². The molecule has 0 saturated carbocycles. The second-order valence-corrected chi connectivity index (χ2v) is 18.5. The second kappa shape index (κ2) is 20.7. The van der Waals surface area contributed by atoms with Crippen molar-refractivity contribution in [2.24, 2.45) is 11.8 Å². The number of nitrogens with zero attached hydrogens (tertiary/aromatic N) is 4. The van der Waals surface area contributed by atoms with Gasteiger partial charge in [0.1, 0.15) is 11.4 Å². The van der Waals surface area contributed by atoms with E-state index in [1.54, 1.807) is 12.1 Å². The monoisotopic (exact) mass is 994 g/mol. The molecule has 2 saturated heterocycles. The molecule has 4 N–H and O–H groups in total. The fourth-order valence-corrected chi connectivity index (χ4v) is 10.1. The molecule has 0 aliphatic carbocycles. The molecule has 2 fully saturated rings. The first kappa shape index (κ1) is 50.1. The molecule has 4 aliphatic rings. The molecule has 376 valence electrons. The smallest absolute Gasteiger partial charge is 0.396 e. The molecule has 12 nitrogen and oxygen atoms in total. The highest BCUT2D eigenvalue weighted by molar-refractivity contribution is 6.05. The minimum absolute atomic E-state index is 0.106. The Morgan fingerprint density at radius 3 is 1.40 bits per heavy atom. The maximum Gasteiger partial charge on any atom is 0.433 e. The highest BCUT2D eigenvalue weighted by Gasteiger charge is 2.38. The summed E-state index contributed by atoms with van der Waals surface area (Å²) in [6, 6.07) is 27.6. The minimum atomic E-state index is -4.63. The number of aliphatic hydroxyl groups is 2. The number of carbonyl (C=O) groups excluding carboxylic acids is 2. The van der Waals surface area contributed by atoms with Crippen molar-refractivity contribution in [3.8, 4) is 22.3 Å². The van der Waals surface area contributed by atoms with Gasteiger partial charge in [-0.05, 0) is 132 Å². The number of morpholine rings is 2. The maximum atomic E-state index is 13.0. The summed E-state index contributed by atoms with van der Waals surface area (Å²) in [5.74, 6) is -1.05. The van der Waals surface area contributed by atoms with Gasteiger partial charge in [-0.15, -0.1) is 0 Å². The number of amides is 2. The fourth-order valence-electron chi connectivity index (χ4n) is 10.1. The number of benzene rings is 4. The van der Waals surface area contributed by atoms with Gasteiger partial charge in [-0.25, -0.2) is 0 Å². The number of nitrogens with one attached hydrogen (secondary N) is 2. The van der Waals surface area contributed by atoms with Crippen molar-refractivity contribution >= 4 is 34.6 Å². The minimum Gasteiger partial charge on any atom is -0.396 e. The van der Waals surface area contributed by atoms with Crippen LogP contribution in [0.1, 0.15) is 54.4 Å². The third-order valence-corrected chi connectivity index (χ3v) is 13.9. The van der Waals surface area contributed by atoms with Gasteiger partial charge in [-0.3, -0.25) is 19.6 Å². The van der Waals surface area contributed by atoms with Crippen LogP contribution in [0.3, 0.4) is 0 Å². The predicted octanol–water partition coefficient (Wildman–Crippen LogP) is 9.40. The first-order valence-electron chi connectivity index (χ1n) is 23.6. The first-order chi connectivity index (χ1) is 34.5. The Morgan fingerprint density at radius 1 is 0.597 bits per heavy atom. The zero-order chi connectivity index (χ0) is 50.9. The summed E-state index contributed by atoms with van der Waals surface area (Å²) < 4.78 is 89.3. The molecule has 0 spiro atoms. The molecule has 10 rings (SSSR count). The first-order valence-corrected chi connectivity index (χ1v) is 23.6. The summed E-state index contributed by atoms with van der Waals surface area (Å²) in [6.45, 7) is 8.07. The van der Waals surface area contributed by atoms with Gasteiger partial charge in [0.25, 0.3) is 11.8 Å². The van der Waals surface area contributed by atoms with Crippen molar-refractivity contribution in [3.63, 3.8) is 0 Å². The van der Waals surface area contributed by atoms with E-state index in [1.807, 2.05) is 50.2 Å². The number of fused-ring (bicyclic) bond motifs is 6. The molecule has 0 bridgehead atoms. The third kappa shape index (κ3) is 10.7. The molecule has 6 heterocycles. The van der Waals surface area contributed by atoms with Crippen LogP contribution in [0.15, 0.2) is 109 Å². The van der Waals surface area contributed by atoms with Crippen molar-refractivity contribution in [2.75, 3.05) is 73.2 Å². The van der Waals surface area contributed by atoms with Crippen LogP contribution >= 0.6 is 0 Å². The van der Waals surface area contributed by atoms with Crippen LogP contribution in [0.4, 0.5) is 49.1 Å². The Balaban J connectivity index is 0.000000178. The highest BCUT2D eigenvalue weighted by Crippen LogP contribution is 2.41. The quantitative estimate of drug-likeness (QED) is 0.109. The Hall–Kier alpha value is -6.86. The fraction of sp³-hybridized carbons (Fsp3) is 0.333. The van der Waals surface area contributed by atoms with Crippen LogP contribution in [-0.4, -0.2) is 96.8 Å². The number of aromatic nitrogens is 2. The van der Waals surface area contributed by atoms with Gasteiger partial charge < -0.3 is 40.1 Å². The molecular formula is C54H52F6N6O6. The highest BCUT2D eigenvalue weighted by atomic mass is 19.4. The Kier molecular flexibility index (Phi) is 14.4. The molecular weight excluding hydrogens is 943 g/mol. The van der Waals surface area contributed by atoms with E-state index in [0.29, 0.717) is 37.8 Å². The molecule has 18 heteroatoms. The van der Waals surface area contributed by atoms with Crippen LogP contribution in [0.25, 0.3) is 22.3 Å². The number of pyridine rings is 2. The van der Waals surface area contributed by atoms with Gasteiger partial charge in [0.2, 0.25) is 0 Å². The number of halogens is 6. The number of alkyl halides is 6. The average molecular weight is 995 g/mol. The maximum absolute atomic E-state index is 13.0. The van der Waals surface area contributed by atoms with Gasteiger partial charge in [-0.2, -0.15) is 26.3 Å². The van der Waals surface area contributed by atoms with Gasteiger partial charge >= 0.3 is 12.4 Å². The Labute approximate surface area is 411 Å². The van der Waals surface area contributed by atoms with Crippen molar-refractivity contribution in [1.82, 2.24) is 9.97 Å². The van der Waals surface area contributed by atoms with Crippen LogP contribution in [0.2, 0.25) is 0 Å². The summed E-state index contributed by atoms with van der Waals surface area (Å²) >= 11 is 0. The van der Waals surface area contributed by atoms with Crippen molar-refractivity contribution in [3.05, 3.63) is 154 Å². The third-order valence-electron chi connectivity index (χ3n) is 13.9. The van der Waals surface area contributed by atoms with E-state index in [0.717, 1.165) is 95.2 Å². The van der Waals surface area contributed by atoms with Crippen LogP contribution in [-0.2, 0) is 34.7 Å².